The molecule has 0 saturated heterocycles. The number of carbonyl (C=O) groups excluding carboxylic acids is 1. The van der Waals surface area contributed by atoms with E-state index in [1.807, 2.05) is 0 Å². The highest BCUT2D eigenvalue weighted by Gasteiger charge is 2.30. The van der Waals surface area contributed by atoms with E-state index in [-0.39, 0.29) is 23.3 Å². The molecule has 0 fully saturated rings. The maximum atomic E-state index is 12.3. The van der Waals surface area contributed by atoms with Gasteiger partial charge in [0.1, 0.15) is 0 Å². The standard InChI is InChI=1S/C13H11F3O2S/c1-2-18-12(17)10-5-8-3-4-11(7-9(8)6-10)19-13(14,15)16/h3-4,6-7H,2,5H2,1H3. The molecule has 0 N–H and O–H groups in total. The molecular weight excluding hydrogens is 277 g/mol. The maximum Gasteiger partial charge on any atom is 0.446 e. The van der Waals surface area contributed by atoms with Gasteiger partial charge in [0.15, 0.2) is 0 Å². The van der Waals surface area contributed by atoms with Crippen LogP contribution in [0.15, 0.2) is 28.7 Å². The zero-order chi connectivity index (χ0) is 14.0. The lowest BCUT2D eigenvalue weighted by Crippen LogP contribution is -2.07. The molecule has 0 spiro atoms. The summed E-state index contributed by atoms with van der Waals surface area (Å²) >= 11 is -0.159. The first kappa shape index (κ1) is 14.0. The van der Waals surface area contributed by atoms with Crippen molar-refractivity contribution in [2.45, 2.75) is 23.7 Å². The number of carbonyl (C=O) groups is 1. The van der Waals surface area contributed by atoms with E-state index >= 15 is 0 Å². The maximum absolute atomic E-state index is 12.3. The normalized spacial score (nSPS) is 14.0. The highest BCUT2D eigenvalue weighted by atomic mass is 32.2. The van der Waals surface area contributed by atoms with Crippen LogP contribution in [0, 0.1) is 0 Å². The molecule has 0 unspecified atom stereocenters. The summed E-state index contributed by atoms with van der Waals surface area (Å²) in [5, 5.41) is 0. The van der Waals surface area contributed by atoms with Crippen LogP contribution in [0.3, 0.4) is 0 Å². The summed E-state index contributed by atoms with van der Waals surface area (Å²) in [6.45, 7) is 1.99. The number of benzene rings is 1. The number of hydrogen-bond acceptors (Lipinski definition) is 3. The van der Waals surface area contributed by atoms with E-state index in [1.54, 1.807) is 19.1 Å². The van der Waals surface area contributed by atoms with E-state index in [1.165, 1.54) is 12.1 Å². The Labute approximate surface area is 112 Å². The van der Waals surface area contributed by atoms with E-state index in [4.69, 9.17) is 4.74 Å². The van der Waals surface area contributed by atoms with Crippen LogP contribution in [0.1, 0.15) is 18.1 Å². The third kappa shape index (κ3) is 3.53. The molecule has 2 nitrogen and oxygen atoms in total. The molecule has 19 heavy (non-hydrogen) atoms. The molecule has 0 bridgehead atoms. The lowest BCUT2D eigenvalue weighted by molar-refractivity contribution is -0.138. The Kier molecular flexibility index (Phi) is 3.89. The van der Waals surface area contributed by atoms with Crippen LogP contribution in [0.5, 0.6) is 0 Å². The summed E-state index contributed by atoms with van der Waals surface area (Å²) in [5.41, 5.74) is -2.33. The summed E-state index contributed by atoms with van der Waals surface area (Å²) < 4.78 is 41.7. The monoisotopic (exact) mass is 288 g/mol. The lowest BCUT2D eigenvalue weighted by atomic mass is 10.1. The van der Waals surface area contributed by atoms with Crippen LogP contribution in [-0.2, 0) is 16.0 Å². The molecule has 1 aliphatic carbocycles. The molecule has 0 aliphatic heterocycles. The molecule has 0 aromatic heterocycles. The van der Waals surface area contributed by atoms with Gasteiger partial charge in [-0.2, -0.15) is 13.2 Å². The van der Waals surface area contributed by atoms with Crippen LogP contribution in [-0.4, -0.2) is 18.1 Å². The van der Waals surface area contributed by atoms with Gasteiger partial charge in [0.2, 0.25) is 0 Å². The van der Waals surface area contributed by atoms with Gasteiger partial charge in [0, 0.05) is 16.9 Å². The fraction of sp³-hybridized carbons (Fsp3) is 0.308. The molecule has 0 amide bonds. The first-order valence-electron chi connectivity index (χ1n) is 5.65. The Hall–Kier alpha value is -1.43. The molecule has 0 atom stereocenters. The van der Waals surface area contributed by atoms with Crippen molar-refractivity contribution in [1.29, 1.82) is 0 Å². The molecule has 2 rings (SSSR count). The third-order valence-electron chi connectivity index (χ3n) is 2.60. The zero-order valence-electron chi connectivity index (χ0n) is 10.1. The Morgan fingerprint density at radius 2 is 2.16 bits per heavy atom. The van der Waals surface area contributed by atoms with Crippen molar-refractivity contribution in [1.82, 2.24) is 0 Å². The van der Waals surface area contributed by atoms with Gasteiger partial charge in [0.05, 0.1) is 6.61 Å². The largest absolute Gasteiger partial charge is 0.463 e. The van der Waals surface area contributed by atoms with Crippen molar-refractivity contribution in [2.24, 2.45) is 0 Å². The Morgan fingerprint density at radius 3 is 2.79 bits per heavy atom. The van der Waals surface area contributed by atoms with Gasteiger partial charge >= 0.3 is 11.5 Å². The Morgan fingerprint density at radius 1 is 1.42 bits per heavy atom. The molecule has 1 aromatic rings. The minimum atomic E-state index is -4.31. The van der Waals surface area contributed by atoms with Gasteiger partial charge < -0.3 is 4.74 Å². The van der Waals surface area contributed by atoms with E-state index in [0.29, 0.717) is 17.6 Å². The van der Waals surface area contributed by atoms with Gasteiger partial charge in [0.25, 0.3) is 0 Å². The van der Waals surface area contributed by atoms with Crippen molar-refractivity contribution >= 4 is 23.8 Å². The summed E-state index contributed by atoms with van der Waals surface area (Å²) in [4.78, 5) is 11.7. The summed E-state index contributed by atoms with van der Waals surface area (Å²) in [6.07, 6.45) is 2.00. The lowest BCUT2D eigenvalue weighted by Gasteiger charge is -2.06. The van der Waals surface area contributed by atoms with Crippen LogP contribution >= 0.6 is 11.8 Å². The Balaban J connectivity index is 2.19. The zero-order valence-corrected chi connectivity index (χ0v) is 10.9. The summed E-state index contributed by atoms with van der Waals surface area (Å²) in [7, 11) is 0. The molecule has 0 radical (unpaired) electrons. The number of fused-ring (bicyclic) bond motifs is 1. The van der Waals surface area contributed by atoms with Crippen LogP contribution in [0.25, 0.3) is 6.08 Å². The average molecular weight is 288 g/mol. The van der Waals surface area contributed by atoms with Gasteiger partial charge in [-0.15, -0.1) is 0 Å². The SMILES string of the molecule is CCOC(=O)C1=Cc2cc(SC(F)(F)F)ccc2C1. The molecular formula is C13H11F3O2S. The van der Waals surface area contributed by atoms with Gasteiger partial charge in [-0.3, -0.25) is 0 Å². The summed E-state index contributed by atoms with van der Waals surface area (Å²) in [6, 6.07) is 4.48. The van der Waals surface area contributed by atoms with Crippen LogP contribution < -0.4 is 0 Å². The molecule has 0 heterocycles. The van der Waals surface area contributed by atoms with Crippen molar-refractivity contribution < 1.29 is 22.7 Å². The van der Waals surface area contributed by atoms with E-state index in [0.717, 1.165) is 5.56 Å². The van der Waals surface area contributed by atoms with E-state index in [9.17, 15) is 18.0 Å². The molecule has 1 aromatic carbocycles. The van der Waals surface area contributed by atoms with Crippen LogP contribution in [0.4, 0.5) is 13.2 Å². The number of halogens is 3. The smallest absolute Gasteiger partial charge is 0.446 e. The van der Waals surface area contributed by atoms with E-state index in [2.05, 4.69) is 0 Å². The molecule has 6 heteroatoms. The van der Waals surface area contributed by atoms with Crippen molar-refractivity contribution in [3.8, 4) is 0 Å². The van der Waals surface area contributed by atoms with Gasteiger partial charge in [-0.05, 0) is 48.0 Å². The predicted molar refractivity (Wildman–Crippen MR) is 66.7 cm³/mol. The molecule has 102 valence electrons. The van der Waals surface area contributed by atoms with Crippen molar-refractivity contribution in [3.05, 3.63) is 34.9 Å². The number of ether oxygens (including phenoxy) is 1. The van der Waals surface area contributed by atoms with Crippen LogP contribution in [0.2, 0.25) is 0 Å². The number of hydrogen-bond donors (Lipinski definition) is 0. The number of alkyl halides is 3. The second-order valence-electron chi connectivity index (χ2n) is 3.98. The number of rotatable bonds is 3. The average Bonchev–Trinajstić information content (AvgIpc) is 2.70. The molecule has 1 aliphatic rings. The fourth-order valence-corrected chi connectivity index (χ4v) is 2.45. The number of thioether (sulfide) groups is 1. The predicted octanol–water partition coefficient (Wildman–Crippen LogP) is 3.80. The molecule has 0 saturated carbocycles. The van der Waals surface area contributed by atoms with Gasteiger partial charge in [-0.1, -0.05) is 6.07 Å². The quantitative estimate of drug-likeness (QED) is 0.625. The van der Waals surface area contributed by atoms with Gasteiger partial charge in [-0.25, -0.2) is 4.79 Å². The second kappa shape index (κ2) is 5.28. The van der Waals surface area contributed by atoms with E-state index < -0.39 is 11.5 Å². The first-order chi connectivity index (χ1) is 8.89. The minimum absolute atomic E-state index is 0.118. The first-order valence-corrected chi connectivity index (χ1v) is 6.47. The van der Waals surface area contributed by atoms with Crippen molar-refractivity contribution in [3.63, 3.8) is 0 Å². The van der Waals surface area contributed by atoms with Crippen molar-refractivity contribution in [2.75, 3.05) is 6.61 Å². The highest BCUT2D eigenvalue weighted by Crippen LogP contribution is 2.38. The summed E-state index contributed by atoms with van der Waals surface area (Å²) in [5.74, 6) is -0.413. The second-order valence-corrected chi connectivity index (χ2v) is 5.11. The minimum Gasteiger partial charge on any atom is -0.463 e. The number of esters is 1. The fourth-order valence-electron chi connectivity index (χ4n) is 1.86. The topological polar surface area (TPSA) is 26.3 Å². The highest BCUT2D eigenvalue weighted by molar-refractivity contribution is 8.00. The third-order valence-corrected chi connectivity index (χ3v) is 3.32. The Bertz CT molecular complexity index is 535.